The van der Waals surface area contributed by atoms with Gasteiger partial charge in [0, 0.05) is 38.1 Å². The Morgan fingerprint density at radius 3 is 2.52 bits per heavy atom. The van der Waals surface area contributed by atoms with Gasteiger partial charge in [0.2, 0.25) is 10.0 Å². The first kappa shape index (κ1) is 16.7. The van der Waals surface area contributed by atoms with E-state index >= 15 is 0 Å². The molecule has 1 aromatic carbocycles. The van der Waals surface area contributed by atoms with Crippen molar-refractivity contribution < 1.29 is 23.0 Å². The minimum atomic E-state index is -3.54. The first-order chi connectivity index (χ1) is 10.9. The highest BCUT2D eigenvalue weighted by molar-refractivity contribution is 7.89. The van der Waals surface area contributed by atoms with Crippen molar-refractivity contribution in [1.29, 1.82) is 0 Å². The summed E-state index contributed by atoms with van der Waals surface area (Å²) < 4.78 is 37.6. The third-order valence-corrected chi connectivity index (χ3v) is 7.25. The number of aliphatic hydroxyl groups excluding tert-OH is 1. The van der Waals surface area contributed by atoms with Crippen LogP contribution in [-0.2, 0) is 14.8 Å². The van der Waals surface area contributed by atoms with Crippen LogP contribution in [0.3, 0.4) is 0 Å². The first-order valence-corrected chi connectivity index (χ1v) is 9.23. The highest BCUT2D eigenvalue weighted by atomic mass is 32.2. The van der Waals surface area contributed by atoms with Gasteiger partial charge in [0.15, 0.2) is 0 Å². The van der Waals surface area contributed by atoms with E-state index in [4.69, 9.17) is 9.47 Å². The SMILES string of the molecule is COc1cccc(S(=O)(=O)N2CCC3(CC2)[C@H](O)C[C@@H]3OC)c1. The summed E-state index contributed by atoms with van der Waals surface area (Å²) in [6.07, 6.45) is 1.51. The second-order valence-corrected chi connectivity index (χ2v) is 8.23. The Morgan fingerprint density at radius 1 is 1.26 bits per heavy atom. The van der Waals surface area contributed by atoms with E-state index in [1.165, 1.54) is 17.5 Å². The summed E-state index contributed by atoms with van der Waals surface area (Å²) in [4.78, 5) is 0.241. The van der Waals surface area contributed by atoms with Gasteiger partial charge in [0.05, 0.1) is 24.2 Å². The monoisotopic (exact) mass is 341 g/mol. The molecule has 1 saturated carbocycles. The van der Waals surface area contributed by atoms with Crippen LogP contribution in [0.1, 0.15) is 19.3 Å². The highest BCUT2D eigenvalue weighted by Gasteiger charge is 2.56. The molecule has 1 aliphatic carbocycles. The van der Waals surface area contributed by atoms with Crippen LogP contribution >= 0.6 is 0 Å². The van der Waals surface area contributed by atoms with E-state index < -0.39 is 16.1 Å². The highest BCUT2D eigenvalue weighted by Crippen LogP contribution is 2.51. The van der Waals surface area contributed by atoms with Crippen molar-refractivity contribution >= 4 is 10.0 Å². The maximum Gasteiger partial charge on any atom is 0.243 e. The van der Waals surface area contributed by atoms with Crippen molar-refractivity contribution in [2.24, 2.45) is 5.41 Å². The summed E-state index contributed by atoms with van der Waals surface area (Å²) in [5, 5.41) is 10.1. The lowest BCUT2D eigenvalue weighted by atomic mass is 9.58. The van der Waals surface area contributed by atoms with E-state index in [0.717, 1.165) is 0 Å². The van der Waals surface area contributed by atoms with E-state index in [2.05, 4.69) is 0 Å². The largest absolute Gasteiger partial charge is 0.497 e. The average molecular weight is 341 g/mol. The fourth-order valence-corrected chi connectivity index (χ4v) is 5.24. The summed E-state index contributed by atoms with van der Waals surface area (Å²) in [6, 6.07) is 6.51. The number of benzene rings is 1. The molecule has 1 aromatic rings. The molecule has 7 heteroatoms. The fraction of sp³-hybridized carbons (Fsp3) is 0.625. The van der Waals surface area contributed by atoms with Crippen molar-refractivity contribution in [2.75, 3.05) is 27.3 Å². The Labute approximate surface area is 137 Å². The van der Waals surface area contributed by atoms with Gasteiger partial charge in [0.1, 0.15) is 5.75 Å². The number of ether oxygens (including phenoxy) is 2. The molecule has 1 saturated heterocycles. The van der Waals surface area contributed by atoms with Crippen molar-refractivity contribution in [2.45, 2.75) is 36.4 Å². The molecule has 23 heavy (non-hydrogen) atoms. The molecule has 0 amide bonds. The molecule has 0 unspecified atom stereocenters. The molecule has 2 fully saturated rings. The molecule has 1 heterocycles. The molecule has 2 aliphatic rings. The topological polar surface area (TPSA) is 76.1 Å². The molecule has 1 aliphatic heterocycles. The van der Waals surface area contributed by atoms with Gasteiger partial charge in [-0.15, -0.1) is 0 Å². The smallest absolute Gasteiger partial charge is 0.243 e. The lowest BCUT2D eigenvalue weighted by Crippen LogP contribution is -2.62. The Balaban J connectivity index is 1.76. The Bertz CT molecular complexity index is 667. The van der Waals surface area contributed by atoms with Crippen molar-refractivity contribution in [3.05, 3.63) is 24.3 Å². The second kappa shape index (κ2) is 6.05. The number of nitrogens with zero attached hydrogens (tertiary/aromatic N) is 1. The summed E-state index contributed by atoms with van der Waals surface area (Å²) in [7, 11) is -0.376. The predicted octanol–water partition coefficient (Wildman–Crippen LogP) is 1.25. The van der Waals surface area contributed by atoms with Crippen LogP contribution < -0.4 is 4.74 Å². The van der Waals surface area contributed by atoms with Crippen LogP contribution in [0.15, 0.2) is 29.2 Å². The van der Waals surface area contributed by atoms with Gasteiger partial charge in [-0.1, -0.05) is 6.07 Å². The van der Waals surface area contributed by atoms with Crippen LogP contribution in [0.2, 0.25) is 0 Å². The van der Waals surface area contributed by atoms with E-state index in [1.807, 2.05) is 0 Å². The lowest BCUT2D eigenvalue weighted by Gasteiger charge is -2.56. The van der Waals surface area contributed by atoms with Gasteiger partial charge in [-0.05, 0) is 25.0 Å². The Morgan fingerprint density at radius 2 is 1.96 bits per heavy atom. The van der Waals surface area contributed by atoms with E-state index in [0.29, 0.717) is 38.1 Å². The van der Waals surface area contributed by atoms with E-state index in [-0.39, 0.29) is 16.4 Å². The van der Waals surface area contributed by atoms with Crippen molar-refractivity contribution in [1.82, 2.24) is 4.31 Å². The number of hydrogen-bond acceptors (Lipinski definition) is 5. The number of piperidine rings is 1. The molecule has 0 radical (unpaired) electrons. The minimum Gasteiger partial charge on any atom is -0.497 e. The molecular formula is C16H23NO5S. The number of rotatable bonds is 4. The van der Waals surface area contributed by atoms with Crippen LogP contribution in [0.4, 0.5) is 0 Å². The van der Waals surface area contributed by atoms with Crippen LogP contribution in [0.5, 0.6) is 5.75 Å². The predicted molar refractivity (Wildman–Crippen MR) is 84.8 cm³/mol. The summed E-state index contributed by atoms with van der Waals surface area (Å²) >= 11 is 0. The molecule has 2 atom stereocenters. The molecule has 128 valence electrons. The Hall–Kier alpha value is -1.15. The molecule has 0 aromatic heterocycles. The molecule has 6 nitrogen and oxygen atoms in total. The summed E-state index contributed by atoms with van der Waals surface area (Å²) in [5.41, 5.74) is -0.283. The Kier molecular flexibility index (Phi) is 4.39. The molecule has 1 N–H and O–H groups in total. The molecule has 0 bridgehead atoms. The van der Waals surface area contributed by atoms with Gasteiger partial charge in [-0.2, -0.15) is 4.31 Å². The lowest BCUT2D eigenvalue weighted by molar-refractivity contribution is -0.197. The van der Waals surface area contributed by atoms with E-state index in [9.17, 15) is 13.5 Å². The number of aliphatic hydroxyl groups is 1. The zero-order valence-corrected chi connectivity index (χ0v) is 14.3. The van der Waals surface area contributed by atoms with Gasteiger partial charge in [0.25, 0.3) is 0 Å². The zero-order valence-electron chi connectivity index (χ0n) is 13.4. The zero-order chi connectivity index (χ0) is 16.7. The van der Waals surface area contributed by atoms with Crippen molar-refractivity contribution in [3.63, 3.8) is 0 Å². The molecular weight excluding hydrogens is 318 g/mol. The first-order valence-electron chi connectivity index (χ1n) is 7.79. The molecule has 3 rings (SSSR count). The van der Waals surface area contributed by atoms with Gasteiger partial charge >= 0.3 is 0 Å². The standard InChI is InChI=1S/C16H23NO5S/c1-21-12-4-3-5-13(10-12)23(19,20)17-8-6-16(7-9-17)14(18)11-15(16)22-2/h3-5,10,14-15,18H,6-9,11H2,1-2H3/t14-,15+/m1/s1. The van der Waals surface area contributed by atoms with Gasteiger partial charge in [-0.3, -0.25) is 0 Å². The summed E-state index contributed by atoms with van der Waals surface area (Å²) in [5.74, 6) is 0.522. The van der Waals surface area contributed by atoms with Crippen LogP contribution in [0.25, 0.3) is 0 Å². The third kappa shape index (κ3) is 2.65. The van der Waals surface area contributed by atoms with Crippen LogP contribution in [-0.4, -0.2) is 57.3 Å². The molecule has 1 spiro atoms. The quantitative estimate of drug-likeness (QED) is 0.892. The third-order valence-electron chi connectivity index (χ3n) is 5.36. The van der Waals surface area contributed by atoms with Crippen molar-refractivity contribution in [3.8, 4) is 5.75 Å². The second-order valence-electron chi connectivity index (χ2n) is 6.29. The summed E-state index contributed by atoms with van der Waals surface area (Å²) in [6.45, 7) is 0.799. The number of sulfonamides is 1. The van der Waals surface area contributed by atoms with Crippen LogP contribution in [0, 0.1) is 5.41 Å². The van der Waals surface area contributed by atoms with Gasteiger partial charge < -0.3 is 14.6 Å². The fourth-order valence-electron chi connectivity index (χ4n) is 3.77. The maximum atomic E-state index is 12.8. The number of hydrogen-bond donors (Lipinski definition) is 1. The average Bonchev–Trinajstić information content (AvgIpc) is 2.59. The maximum absolute atomic E-state index is 12.8. The number of methoxy groups -OCH3 is 2. The van der Waals surface area contributed by atoms with E-state index in [1.54, 1.807) is 25.3 Å². The normalized spacial score (nSPS) is 27.6. The minimum absolute atomic E-state index is 0.0270. The van der Waals surface area contributed by atoms with Gasteiger partial charge in [-0.25, -0.2) is 8.42 Å².